The predicted molar refractivity (Wildman–Crippen MR) is 111 cm³/mol. The van der Waals surface area contributed by atoms with Crippen LogP contribution >= 0.6 is 35.6 Å². The van der Waals surface area contributed by atoms with E-state index in [1.807, 2.05) is 24.3 Å². The molecule has 0 saturated carbocycles. The zero-order chi connectivity index (χ0) is 18.7. The van der Waals surface area contributed by atoms with E-state index in [0.717, 1.165) is 21.6 Å². The molecule has 1 heterocycles. The lowest BCUT2D eigenvalue weighted by molar-refractivity contribution is 0.626. The molecule has 5 N–H and O–H groups in total. The van der Waals surface area contributed by atoms with Gasteiger partial charge < -0.3 is 11.5 Å². The lowest BCUT2D eigenvalue weighted by Crippen LogP contribution is -2.27. The minimum Gasteiger partial charge on any atom is -0.375 e. The highest BCUT2D eigenvalue weighted by Gasteiger charge is 2.23. The molecular formula is C18H16ClFN4S2. The molecule has 1 aliphatic heterocycles. The Labute approximate surface area is 165 Å². The number of fused-ring (bicyclic) bond motifs is 1. The molecule has 2 aromatic rings. The van der Waals surface area contributed by atoms with Gasteiger partial charge in [-0.05, 0) is 42.0 Å². The van der Waals surface area contributed by atoms with Crippen LogP contribution in [0.25, 0.3) is 5.03 Å². The average Bonchev–Trinajstić information content (AvgIpc) is 2.64. The third kappa shape index (κ3) is 4.07. The van der Waals surface area contributed by atoms with Crippen LogP contribution in [0, 0.1) is 5.82 Å². The summed E-state index contributed by atoms with van der Waals surface area (Å²) in [5, 5.41) is 4.85. The van der Waals surface area contributed by atoms with Gasteiger partial charge in [-0.3, -0.25) is 5.43 Å². The molecule has 134 valence electrons. The van der Waals surface area contributed by atoms with Crippen LogP contribution < -0.4 is 16.9 Å². The maximum absolute atomic E-state index is 13.7. The zero-order valence-electron chi connectivity index (χ0n) is 13.6. The van der Waals surface area contributed by atoms with Gasteiger partial charge in [0.1, 0.15) is 5.82 Å². The quantitative estimate of drug-likeness (QED) is 0.411. The Balaban J connectivity index is 2.14. The van der Waals surface area contributed by atoms with Gasteiger partial charge in [-0.25, -0.2) is 4.39 Å². The van der Waals surface area contributed by atoms with Crippen LogP contribution in [0.4, 0.5) is 4.39 Å². The summed E-state index contributed by atoms with van der Waals surface area (Å²) in [6.07, 6.45) is 0. The van der Waals surface area contributed by atoms with Crippen LogP contribution in [0.2, 0.25) is 0 Å². The van der Waals surface area contributed by atoms with E-state index in [-0.39, 0.29) is 10.9 Å². The van der Waals surface area contributed by atoms with E-state index in [4.69, 9.17) is 35.3 Å². The Morgan fingerprint density at radius 1 is 1.31 bits per heavy atom. The first-order chi connectivity index (χ1) is 12.5. The smallest absolute Gasteiger partial charge is 0.184 e. The summed E-state index contributed by atoms with van der Waals surface area (Å²) in [6.45, 7) is 0.402. The summed E-state index contributed by atoms with van der Waals surface area (Å²) >= 11 is 13.1. The number of benzene rings is 2. The van der Waals surface area contributed by atoms with Crippen molar-refractivity contribution < 1.29 is 4.39 Å². The first kappa shape index (κ1) is 18.8. The fourth-order valence-corrected chi connectivity index (χ4v) is 4.17. The van der Waals surface area contributed by atoms with Gasteiger partial charge >= 0.3 is 0 Å². The summed E-state index contributed by atoms with van der Waals surface area (Å²) < 4.78 is 13.7. The first-order valence-electron chi connectivity index (χ1n) is 7.74. The largest absolute Gasteiger partial charge is 0.375 e. The van der Waals surface area contributed by atoms with Crippen LogP contribution in [-0.2, 0) is 6.54 Å². The van der Waals surface area contributed by atoms with E-state index >= 15 is 0 Å². The number of nitrogens with zero attached hydrogens (tertiary/aromatic N) is 1. The number of hydrogen-bond donors (Lipinski definition) is 3. The first-order valence-corrected chi connectivity index (χ1v) is 9.51. The van der Waals surface area contributed by atoms with E-state index in [0.29, 0.717) is 28.6 Å². The van der Waals surface area contributed by atoms with Crippen molar-refractivity contribution in [1.82, 2.24) is 5.43 Å². The Morgan fingerprint density at radius 3 is 2.85 bits per heavy atom. The van der Waals surface area contributed by atoms with Crippen LogP contribution in [0.1, 0.15) is 16.7 Å². The fraction of sp³-hybridized carbons (Fsp3) is 0.111. The van der Waals surface area contributed by atoms with Gasteiger partial charge in [0, 0.05) is 33.9 Å². The van der Waals surface area contributed by atoms with Crippen molar-refractivity contribution in [3.05, 3.63) is 70.5 Å². The maximum Gasteiger partial charge on any atom is 0.184 e. The summed E-state index contributed by atoms with van der Waals surface area (Å²) in [5.74, 6) is 0.246. The molecule has 4 nitrogen and oxygen atoms in total. The molecule has 26 heavy (non-hydrogen) atoms. The molecule has 0 amide bonds. The third-order valence-corrected chi connectivity index (χ3v) is 5.44. The third-order valence-electron chi connectivity index (χ3n) is 3.81. The van der Waals surface area contributed by atoms with E-state index in [1.54, 1.807) is 17.8 Å². The Hall–Kier alpha value is -1.93. The van der Waals surface area contributed by atoms with Crippen LogP contribution in [0.15, 0.2) is 58.0 Å². The monoisotopic (exact) mass is 406 g/mol. The van der Waals surface area contributed by atoms with Gasteiger partial charge in [-0.15, -0.1) is 11.8 Å². The number of rotatable bonds is 4. The number of hydrogen-bond acceptors (Lipinski definition) is 4. The van der Waals surface area contributed by atoms with Gasteiger partial charge in [-0.2, -0.15) is 5.10 Å². The van der Waals surface area contributed by atoms with Crippen molar-refractivity contribution in [1.29, 1.82) is 0 Å². The molecule has 0 bridgehead atoms. The lowest BCUT2D eigenvalue weighted by atomic mass is 9.99. The molecule has 0 atom stereocenters. The lowest BCUT2D eigenvalue weighted by Gasteiger charge is -2.21. The highest BCUT2D eigenvalue weighted by atomic mass is 35.5. The minimum atomic E-state index is -0.339. The van der Waals surface area contributed by atoms with Gasteiger partial charge in [-0.1, -0.05) is 29.8 Å². The Kier molecular flexibility index (Phi) is 5.93. The Bertz CT molecular complexity index is 927. The molecule has 0 aliphatic carbocycles. The second-order valence-electron chi connectivity index (χ2n) is 5.56. The second kappa shape index (κ2) is 8.18. The van der Waals surface area contributed by atoms with Crippen molar-refractivity contribution >= 4 is 51.4 Å². The van der Waals surface area contributed by atoms with Crippen LogP contribution in [-0.4, -0.2) is 16.6 Å². The second-order valence-corrected chi connectivity index (χ2v) is 7.40. The highest BCUT2D eigenvalue weighted by molar-refractivity contribution is 7.99. The number of nitrogens with one attached hydrogen (secondary N) is 1. The van der Waals surface area contributed by atoms with Gasteiger partial charge in [0.25, 0.3) is 0 Å². The molecule has 0 aromatic heterocycles. The predicted octanol–water partition coefficient (Wildman–Crippen LogP) is 3.58. The van der Waals surface area contributed by atoms with Crippen LogP contribution in [0.3, 0.4) is 0 Å². The van der Waals surface area contributed by atoms with Crippen molar-refractivity contribution in [3.63, 3.8) is 0 Å². The number of thiocarbonyl (C=S) groups is 1. The van der Waals surface area contributed by atoms with E-state index < -0.39 is 0 Å². The molecule has 0 unspecified atom stereocenters. The number of halogens is 2. The number of hydrazone groups is 1. The summed E-state index contributed by atoms with van der Waals surface area (Å²) in [4.78, 5) is 0.928. The molecule has 3 rings (SSSR count). The van der Waals surface area contributed by atoms with Gasteiger partial charge in [0.05, 0.1) is 10.7 Å². The Morgan fingerprint density at radius 2 is 2.12 bits per heavy atom. The average molecular weight is 407 g/mol. The van der Waals surface area contributed by atoms with Crippen molar-refractivity contribution in [2.75, 3.05) is 5.75 Å². The number of thioether (sulfide) groups is 1. The molecule has 0 fully saturated rings. The highest BCUT2D eigenvalue weighted by Crippen LogP contribution is 2.40. The summed E-state index contributed by atoms with van der Waals surface area (Å²) in [5.41, 5.74) is 17.7. The number of nitrogens with two attached hydrogens (primary N) is 2. The summed E-state index contributed by atoms with van der Waals surface area (Å²) in [6, 6.07) is 12.2. The van der Waals surface area contributed by atoms with E-state index in [9.17, 15) is 4.39 Å². The standard InChI is InChI=1S/C18H16ClFN4S2/c19-16-13-7-12(20)4-5-15(13)26-9-14(16)17(23-24-18(22)25)11-3-1-2-10(6-11)8-21/h1-7H,8-9,21H2,(H3,22,24,25). The molecule has 0 spiro atoms. The van der Waals surface area contributed by atoms with Crippen LogP contribution in [0.5, 0.6) is 0 Å². The zero-order valence-corrected chi connectivity index (χ0v) is 16.0. The molecule has 2 aromatic carbocycles. The molecule has 1 aliphatic rings. The molecular weight excluding hydrogens is 391 g/mol. The van der Waals surface area contributed by atoms with Crippen molar-refractivity contribution in [2.45, 2.75) is 11.4 Å². The molecule has 0 saturated heterocycles. The van der Waals surface area contributed by atoms with Crippen molar-refractivity contribution in [3.8, 4) is 0 Å². The maximum atomic E-state index is 13.7. The molecule has 0 radical (unpaired) electrons. The minimum absolute atomic E-state index is 0.0455. The van der Waals surface area contributed by atoms with E-state index in [2.05, 4.69) is 10.5 Å². The fourth-order valence-electron chi connectivity index (χ4n) is 2.61. The topological polar surface area (TPSA) is 76.4 Å². The SMILES string of the molecule is NCc1cccc(C(=NNC(N)=S)C2=C(Cl)c3cc(F)ccc3SC2)c1. The van der Waals surface area contributed by atoms with Gasteiger partial charge in [0.2, 0.25) is 0 Å². The normalized spacial score (nSPS) is 14.2. The summed E-state index contributed by atoms with van der Waals surface area (Å²) in [7, 11) is 0. The van der Waals surface area contributed by atoms with Crippen molar-refractivity contribution in [2.24, 2.45) is 16.6 Å². The molecule has 8 heteroatoms. The van der Waals surface area contributed by atoms with Gasteiger partial charge in [0.15, 0.2) is 5.11 Å². The van der Waals surface area contributed by atoms with E-state index in [1.165, 1.54) is 12.1 Å².